The second-order valence-electron chi connectivity index (χ2n) is 7.67. The van der Waals surface area contributed by atoms with Crippen LogP contribution in [0.1, 0.15) is 11.1 Å². The van der Waals surface area contributed by atoms with Gasteiger partial charge in [0.25, 0.3) is 5.91 Å². The molecule has 2 aromatic carbocycles. The van der Waals surface area contributed by atoms with Crippen molar-refractivity contribution in [2.75, 3.05) is 50.9 Å². The van der Waals surface area contributed by atoms with Crippen LogP contribution >= 0.6 is 22.9 Å². The molecule has 0 spiro atoms. The first kappa shape index (κ1) is 22.0. The summed E-state index contributed by atoms with van der Waals surface area (Å²) in [4.78, 5) is 22.0. The lowest BCUT2D eigenvalue weighted by Gasteiger charge is -2.29. The number of halogens is 1. The number of ether oxygens (including phenoxy) is 2. The van der Waals surface area contributed by atoms with E-state index in [1.807, 2.05) is 0 Å². The number of aromatic nitrogens is 1. The van der Waals surface area contributed by atoms with Crippen LogP contribution in [-0.2, 0) is 9.53 Å². The van der Waals surface area contributed by atoms with E-state index in [1.165, 1.54) is 11.1 Å². The molecular weight excluding hydrogens is 434 g/mol. The number of fused-ring (bicyclic) bond motifs is 1. The van der Waals surface area contributed by atoms with Crippen LogP contribution in [0, 0.1) is 13.8 Å². The van der Waals surface area contributed by atoms with Crippen LogP contribution < -0.4 is 9.64 Å². The Kier molecular flexibility index (Phi) is 7.07. The van der Waals surface area contributed by atoms with Crippen molar-refractivity contribution < 1.29 is 14.3 Å². The molecule has 0 radical (unpaired) electrons. The van der Waals surface area contributed by atoms with E-state index in [0.29, 0.717) is 22.4 Å². The van der Waals surface area contributed by atoms with Crippen LogP contribution in [0.2, 0.25) is 5.02 Å². The summed E-state index contributed by atoms with van der Waals surface area (Å²) in [5.74, 6) is 0.498. The Bertz CT molecular complexity index is 1050. The van der Waals surface area contributed by atoms with E-state index in [0.717, 1.165) is 43.1 Å². The maximum absolute atomic E-state index is 13.2. The third-order valence-corrected chi connectivity index (χ3v) is 6.74. The number of carbonyl (C=O) groups excluding carboxylic acids is 1. The summed E-state index contributed by atoms with van der Waals surface area (Å²) in [6.45, 7) is 8.63. The molecule has 0 aliphatic carbocycles. The lowest BCUT2D eigenvalue weighted by atomic mass is 10.1. The molecule has 4 rings (SSSR count). The fourth-order valence-electron chi connectivity index (χ4n) is 3.63. The van der Waals surface area contributed by atoms with Gasteiger partial charge < -0.3 is 9.47 Å². The maximum atomic E-state index is 13.2. The molecule has 2 heterocycles. The van der Waals surface area contributed by atoms with E-state index in [9.17, 15) is 4.79 Å². The smallest absolute Gasteiger partial charge is 0.266 e. The highest BCUT2D eigenvalue weighted by atomic mass is 35.5. The SMILES string of the molecule is Cc1cc(C)c2sc(N(CCN3CCOCC3)C(=O)COc3ccc(Cl)cc3)nc2c1. The van der Waals surface area contributed by atoms with Gasteiger partial charge in [-0.2, -0.15) is 0 Å². The van der Waals surface area contributed by atoms with Gasteiger partial charge in [-0.3, -0.25) is 14.6 Å². The van der Waals surface area contributed by atoms with Gasteiger partial charge >= 0.3 is 0 Å². The molecule has 31 heavy (non-hydrogen) atoms. The lowest BCUT2D eigenvalue weighted by molar-refractivity contribution is -0.120. The zero-order valence-corrected chi connectivity index (χ0v) is 19.3. The quantitative estimate of drug-likeness (QED) is 0.527. The van der Waals surface area contributed by atoms with Crippen LogP contribution in [0.25, 0.3) is 10.2 Å². The highest BCUT2D eigenvalue weighted by Crippen LogP contribution is 2.32. The fraction of sp³-hybridized carbons (Fsp3) is 0.391. The zero-order valence-electron chi connectivity index (χ0n) is 17.8. The van der Waals surface area contributed by atoms with Crippen LogP contribution in [0.15, 0.2) is 36.4 Å². The average molecular weight is 460 g/mol. The maximum Gasteiger partial charge on any atom is 0.266 e. The predicted octanol–water partition coefficient (Wildman–Crippen LogP) is 4.31. The Hall–Kier alpha value is -2.19. The molecule has 1 aliphatic heterocycles. The molecular formula is C23H26ClN3O3S. The number of nitrogens with zero attached hydrogens (tertiary/aromatic N) is 3. The first-order chi connectivity index (χ1) is 15.0. The summed E-state index contributed by atoms with van der Waals surface area (Å²) >= 11 is 7.49. The van der Waals surface area contributed by atoms with E-state index >= 15 is 0 Å². The summed E-state index contributed by atoms with van der Waals surface area (Å²) < 4.78 is 12.3. The summed E-state index contributed by atoms with van der Waals surface area (Å²) in [6, 6.07) is 11.2. The fourth-order valence-corrected chi connectivity index (χ4v) is 4.81. The minimum atomic E-state index is -0.114. The molecule has 1 aromatic heterocycles. The van der Waals surface area contributed by atoms with Gasteiger partial charge in [0.05, 0.1) is 23.4 Å². The third kappa shape index (κ3) is 5.54. The first-order valence-corrected chi connectivity index (χ1v) is 11.6. The van der Waals surface area contributed by atoms with Crippen molar-refractivity contribution in [2.24, 2.45) is 0 Å². The van der Waals surface area contributed by atoms with Crippen LogP contribution in [0.3, 0.4) is 0 Å². The number of thiazole rings is 1. The molecule has 164 valence electrons. The molecule has 0 unspecified atom stereocenters. The molecule has 1 aliphatic rings. The number of hydrogen-bond donors (Lipinski definition) is 0. The molecule has 8 heteroatoms. The molecule has 0 saturated carbocycles. The Morgan fingerprint density at radius 1 is 1.23 bits per heavy atom. The summed E-state index contributed by atoms with van der Waals surface area (Å²) in [5, 5.41) is 1.34. The van der Waals surface area contributed by atoms with E-state index in [4.69, 9.17) is 26.1 Å². The minimum absolute atomic E-state index is 0.0569. The highest BCUT2D eigenvalue weighted by molar-refractivity contribution is 7.22. The number of aryl methyl sites for hydroxylation is 2. The Morgan fingerprint density at radius 3 is 2.71 bits per heavy atom. The number of hydrogen-bond acceptors (Lipinski definition) is 6. The normalized spacial score (nSPS) is 14.7. The number of carbonyl (C=O) groups is 1. The van der Waals surface area contributed by atoms with Crippen molar-refractivity contribution in [1.29, 1.82) is 0 Å². The van der Waals surface area contributed by atoms with Gasteiger partial charge in [0.15, 0.2) is 11.7 Å². The van der Waals surface area contributed by atoms with Gasteiger partial charge in [-0.05, 0) is 55.3 Å². The topological polar surface area (TPSA) is 54.9 Å². The average Bonchev–Trinajstić information content (AvgIpc) is 3.18. The van der Waals surface area contributed by atoms with Gasteiger partial charge in [0.2, 0.25) is 0 Å². The summed E-state index contributed by atoms with van der Waals surface area (Å²) in [5.41, 5.74) is 3.27. The molecule has 1 fully saturated rings. The van der Waals surface area contributed by atoms with Crippen molar-refractivity contribution in [3.63, 3.8) is 0 Å². The number of rotatable bonds is 7. The summed E-state index contributed by atoms with van der Waals surface area (Å²) in [7, 11) is 0. The second kappa shape index (κ2) is 9.96. The number of anilines is 1. The van der Waals surface area contributed by atoms with Crippen molar-refractivity contribution in [2.45, 2.75) is 13.8 Å². The zero-order chi connectivity index (χ0) is 21.8. The Balaban J connectivity index is 1.53. The van der Waals surface area contributed by atoms with E-state index in [-0.39, 0.29) is 12.5 Å². The van der Waals surface area contributed by atoms with E-state index in [2.05, 4.69) is 30.9 Å². The van der Waals surface area contributed by atoms with Crippen LogP contribution in [0.5, 0.6) is 5.75 Å². The van der Waals surface area contributed by atoms with Gasteiger partial charge in [-0.1, -0.05) is 29.0 Å². The molecule has 0 atom stereocenters. The van der Waals surface area contributed by atoms with E-state index in [1.54, 1.807) is 40.5 Å². The molecule has 1 amide bonds. The van der Waals surface area contributed by atoms with Crippen molar-refractivity contribution in [1.82, 2.24) is 9.88 Å². The van der Waals surface area contributed by atoms with Gasteiger partial charge in [-0.15, -0.1) is 0 Å². The van der Waals surface area contributed by atoms with Crippen molar-refractivity contribution >= 4 is 44.2 Å². The minimum Gasteiger partial charge on any atom is -0.484 e. The standard InChI is InChI=1S/C23H26ClN3O3S/c1-16-13-17(2)22-20(14-16)25-23(31-22)27(8-7-26-9-11-29-12-10-26)21(28)15-30-19-5-3-18(24)4-6-19/h3-6,13-14H,7-12,15H2,1-2H3. The van der Waals surface area contributed by atoms with Gasteiger partial charge in [0.1, 0.15) is 5.75 Å². The third-order valence-electron chi connectivity index (χ3n) is 5.26. The predicted molar refractivity (Wildman–Crippen MR) is 126 cm³/mol. The lowest BCUT2D eigenvalue weighted by Crippen LogP contribution is -2.44. The van der Waals surface area contributed by atoms with Crippen molar-refractivity contribution in [3.05, 3.63) is 52.5 Å². The summed E-state index contributed by atoms with van der Waals surface area (Å²) in [6.07, 6.45) is 0. The van der Waals surface area contributed by atoms with Crippen molar-refractivity contribution in [3.8, 4) is 5.75 Å². The Morgan fingerprint density at radius 2 is 1.97 bits per heavy atom. The monoisotopic (exact) mass is 459 g/mol. The number of morpholine rings is 1. The molecule has 0 N–H and O–H groups in total. The largest absolute Gasteiger partial charge is 0.484 e. The highest BCUT2D eigenvalue weighted by Gasteiger charge is 2.22. The molecule has 0 bridgehead atoms. The second-order valence-corrected chi connectivity index (χ2v) is 9.08. The van der Waals surface area contributed by atoms with Crippen LogP contribution in [0.4, 0.5) is 5.13 Å². The Labute approximate surface area is 191 Å². The van der Waals surface area contributed by atoms with Crippen LogP contribution in [-0.4, -0.2) is 61.8 Å². The molecule has 1 saturated heterocycles. The molecule has 6 nitrogen and oxygen atoms in total. The number of benzene rings is 2. The first-order valence-electron chi connectivity index (χ1n) is 10.4. The van der Waals surface area contributed by atoms with E-state index < -0.39 is 0 Å². The van der Waals surface area contributed by atoms with Gasteiger partial charge in [-0.25, -0.2) is 4.98 Å². The van der Waals surface area contributed by atoms with Gasteiger partial charge in [0, 0.05) is 31.2 Å². The number of amides is 1. The molecule has 3 aromatic rings.